The number of hydrogen-bond acceptors (Lipinski definition) is 6. The summed E-state index contributed by atoms with van der Waals surface area (Å²) < 4.78 is 32.8. The van der Waals surface area contributed by atoms with Gasteiger partial charge in [-0.3, -0.25) is 9.59 Å². The van der Waals surface area contributed by atoms with E-state index >= 15 is 0 Å². The molecular weight excluding hydrogens is 480 g/mol. The van der Waals surface area contributed by atoms with Gasteiger partial charge in [0.05, 0.1) is 18.4 Å². The van der Waals surface area contributed by atoms with Crippen LogP contribution in [0, 0.1) is 0 Å². The van der Waals surface area contributed by atoms with Gasteiger partial charge in [0.25, 0.3) is 0 Å². The van der Waals surface area contributed by atoms with E-state index in [0.29, 0.717) is 31.2 Å². The summed E-state index contributed by atoms with van der Waals surface area (Å²) in [6, 6.07) is 12.4. The highest BCUT2D eigenvalue weighted by molar-refractivity contribution is 7.89. The van der Waals surface area contributed by atoms with Gasteiger partial charge in [0.2, 0.25) is 21.8 Å². The zero-order valence-electron chi connectivity index (χ0n) is 18.8. The van der Waals surface area contributed by atoms with E-state index < -0.39 is 22.0 Å². The van der Waals surface area contributed by atoms with Crippen molar-refractivity contribution in [3.63, 3.8) is 0 Å². The molecule has 2 heterocycles. The van der Waals surface area contributed by atoms with Crippen LogP contribution in [0.2, 0.25) is 5.02 Å². The lowest BCUT2D eigenvalue weighted by Gasteiger charge is -2.38. The van der Waals surface area contributed by atoms with Gasteiger partial charge in [-0.15, -0.1) is 0 Å². The fourth-order valence-corrected chi connectivity index (χ4v) is 5.93. The molecule has 0 unspecified atom stereocenters. The number of rotatable bonds is 6. The lowest BCUT2D eigenvalue weighted by molar-refractivity contribution is -0.137. The minimum Gasteiger partial charge on any atom is -0.497 e. The molecule has 2 amide bonds. The molecule has 1 atom stereocenters. The van der Waals surface area contributed by atoms with Crippen molar-refractivity contribution in [2.45, 2.75) is 17.4 Å². The van der Waals surface area contributed by atoms with E-state index in [9.17, 15) is 18.0 Å². The van der Waals surface area contributed by atoms with Crippen LogP contribution in [0.5, 0.6) is 5.75 Å². The Morgan fingerprint density at radius 3 is 2.29 bits per heavy atom. The molecule has 0 bridgehead atoms. The smallest absolute Gasteiger partial charge is 0.243 e. The van der Waals surface area contributed by atoms with Crippen LogP contribution in [0.3, 0.4) is 0 Å². The Hall–Kier alpha value is -2.82. The average Bonchev–Trinajstić information content (AvgIpc) is 2.85. The first-order chi connectivity index (χ1) is 16.3. The highest BCUT2D eigenvalue weighted by Crippen LogP contribution is 2.24. The third kappa shape index (κ3) is 5.13. The van der Waals surface area contributed by atoms with Gasteiger partial charge in [-0.1, -0.05) is 11.6 Å². The molecule has 2 aromatic carbocycles. The maximum atomic E-state index is 13.2. The molecule has 0 aliphatic carbocycles. The highest BCUT2D eigenvalue weighted by Gasteiger charge is 2.40. The maximum Gasteiger partial charge on any atom is 0.243 e. The fraction of sp³-hybridized carbons (Fsp3) is 0.391. The van der Waals surface area contributed by atoms with Crippen LogP contribution in [0.25, 0.3) is 0 Å². The quantitative estimate of drug-likeness (QED) is 0.638. The molecule has 34 heavy (non-hydrogen) atoms. The Morgan fingerprint density at radius 2 is 1.68 bits per heavy atom. The van der Waals surface area contributed by atoms with Crippen molar-refractivity contribution >= 4 is 39.1 Å². The van der Waals surface area contributed by atoms with E-state index in [1.807, 2.05) is 24.3 Å². The van der Waals surface area contributed by atoms with Crippen LogP contribution in [-0.4, -0.2) is 81.9 Å². The summed E-state index contributed by atoms with van der Waals surface area (Å²) in [6.07, 6.45) is -0.207. The van der Waals surface area contributed by atoms with Gasteiger partial charge < -0.3 is 19.9 Å². The Morgan fingerprint density at radius 1 is 1.03 bits per heavy atom. The summed E-state index contributed by atoms with van der Waals surface area (Å²) in [7, 11) is -2.34. The zero-order chi connectivity index (χ0) is 24.3. The number of nitrogens with zero attached hydrogens (tertiary/aromatic N) is 3. The number of anilines is 1. The lowest BCUT2D eigenvalue weighted by Crippen LogP contribution is -2.59. The van der Waals surface area contributed by atoms with Crippen LogP contribution >= 0.6 is 11.6 Å². The van der Waals surface area contributed by atoms with E-state index in [2.05, 4.69) is 10.2 Å². The topological polar surface area (TPSA) is 99.3 Å². The van der Waals surface area contributed by atoms with Gasteiger partial charge in [0, 0.05) is 50.0 Å². The average molecular weight is 507 g/mol. The van der Waals surface area contributed by atoms with Crippen molar-refractivity contribution in [3.05, 3.63) is 53.6 Å². The number of sulfonamides is 1. The largest absolute Gasteiger partial charge is 0.497 e. The molecule has 182 valence electrons. The van der Waals surface area contributed by atoms with E-state index in [-0.39, 0.29) is 30.3 Å². The number of halogens is 1. The summed E-state index contributed by atoms with van der Waals surface area (Å²) in [5.74, 6) is 0.0724. The molecular formula is C23H27ClN4O5S. The number of amides is 2. The predicted molar refractivity (Wildman–Crippen MR) is 129 cm³/mol. The summed E-state index contributed by atoms with van der Waals surface area (Å²) in [6.45, 7) is 2.55. The SMILES string of the molecule is COc1ccc(N2CCN(C(=O)C[C@@H]3C(=O)NCCN3S(=O)(=O)c3ccc(Cl)cc3)CC2)cc1. The molecule has 11 heteroatoms. The zero-order valence-corrected chi connectivity index (χ0v) is 20.4. The summed E-state index contributed by atoms with van der Waals surface area (Å²) >= 11 is 5.89. The Balaban J connectivity index is 1.42. The molecule has 4 rings (SSSR count). The van der Waals surface area contributed by atoms with E-state index in [1.54, 1.807) is 12.0 Å². The van der Waals surface area contributed by atoms with E-state index in [1.165, 1.54) is 24.3 Å². The first kappa shape index (κ1) is 24.3. The molecule has 1 N–H and O–H groups in total. The Bertz CT molecular complexity index is 1130. The second kappa shape index (κ2) is 10.2. The van der Waals surface area contributed by atoms with Crippen molar-refractivity contribution in [3.8, 4) is 5.75 Å². The second-order valence-electron chi connectivity index (χ2n) is 8.15. The Kier molecular flexibility index (Phi) is 7.30. The molecule has 9 nitrogen and oxygen atoms in total. The lowest BCUT2D eigenvalue weighted by atomic mass is 10.1. The summed E-state index contributed by atoms with van der Waals surface area (Å²) in [5.41, 5.74) is 1.04. The predicted octanol–water partition coefficient (Wildman–Crippen LogP) is 1.58. The number of piperazine rings is 2. The molecule has 2 aliphatic heterocycles. The third-order valence-electron chi connectivity index (χ3n) is 6.14. The molecule has 2 aromatic rings. The van der Waals surface area contributed by atoms with Gasteiger partial charge in [-0.2, -0.15) is 4.31 Å². The van der Waals surface area contributed by atoms with Gasteiger partial charge in [-0.25, -0.2) is 8.42 Å². The van der Waals surface area contributed by atoms with Crippen LogP contribution in [0.4, 0.5) is 5.69 Å². The number of ether oxygens (including phenoxy) is 1. The summed E-state index contributed by atoms with van der Waals surface area (Å²) in [4.78, 5) is 29.6. The molecule has 0 aromatic heterocycles. The van der Waals surface area contributed by atoms with Crippen LogP contribution in [0.1, 0.15) is 6.42 Å². The first-order valence-electron chi connectivity index (χ1n) is 11.0. The van der Waals surface area contributed by atoms with Gasteiger partial charge in [0.15, 0.2) is 0 Å². The monoisotopic (exact) mass is 506 g/mol. The van der Waals surface area contributed by atoms with Crippen molar-refractivity contribution < 1.29 is 22.7 Å². The molecule has 0 saturated carbocycles. The third-order valence-corrected chi connectivity index (χ3v) is 8.31. The number of methoxy groups -OCH3 is 1. The van der Waals surface area contributed by atoms with Crippen LogP contribution in [-0.2, 0) is 19.6 Å². The van der Waals surface area contributed by atoms with Crippen molar-refractivity contribution in [1.82, 2.24) is 14.5 Å². The first-order valence-corrected chi connectivity index (χ1v) is 12.8. The van der Waals surface area contributed by atoms with Gasteiger partial charge >= 0.3 is 0 Å². The molecule has 0 spiro atoms. The number of carbonyl (C=O) groups excluding carboxylic acids is 2. The second-order valence-corrected chi connectivity index (χ2v) is 10.5. The van der Waals surface area contributed by atoms with Gasteiger partial charge in [-0.05, 0) is 48.5 Å². The fourth-order valence-electron chi connectivity index (χ4n) is 4.22. The number of hydrogen-bond donors (Lipinski definition) is 1. The molecule has 2 fully saturated rings. The normalized spacial score (nSPS) is 19.6. The highest BCUT2D eigenvalue weighted by atomic mass is 35.5. The summed E-state index contributed by atoms with van der Waals surface area (Å²) in [5, 5.41) is 3.10. The van der Waals surface area contributed by atoms with Crippen molar-refractivity contribution in [2.75, 3.05) is 51.3 Å². The Labute approximate surface area is 204 Å². The van der Waals surface area contributed by atoms with Gasteiger partial charge in [0.1, 0.15) is 11.8 Å². The minimum atomic E-state index is -3.96. The van der Waals surface area contributed by atoms with Crippen molar-refractivity contribution in [1.29, 1.82) is 0 Å². The molecule has 0 radical (unpaired) electrons. The van der Waals surface area contributed by atoms with Crippen molar-refractivity contribution in [2.24, 2.45) is 0 Å². The van der Waals surface area contributed by atoms with E-state index in [0.717, 1.165) is 15.7 Å². The molecule has 2 saturated heterocycles. The number of nitrogens with one attached hydrogen (secondary N) is 1. The number of benzene rings is 2. The standard InChI is InChI=1S/C23H27ClN4O5S/c1-33-19-6-4-18(5-7-19)26-12-14-27(15-13-26)22(29)16-21-23(30)25-10-11-28(21)34(31,32)20-8-2-17(24)3-9-20/h2-9,21H,10-16H2,1H3,(H,25,30)/t21-/m1/s1. The van der Waals surface area contributed by atoms with Crippen LogP contribution < -0.4 is 15.0 Å². The van der Waals surface area contributed by atoms with E-state index in [4.69, 9.17) is 16.3 Å². The molecule has 2 aliphatic rings. The minimum absolute atomic E-state index is 0.0390. The van der Waals surface area contributed by atoms with Crippen LogP contribution in [0.15, 0.2) is 53.4 Å². The maximum absolute atomic E-state index is 13.2. The number of carbonyl (C=O) groups is 2.